The largest absolute Gasteiger partial charge is 0.496 e. The molecule has 1 aromatic rings. The third kappa shape index (κ3) is 6.75. The highest BCUT2D eigenvalue weighted by Crippen LogP contribution is 2.26. The normalized spacial score (nSPS) is 19.9. The number of ether oxygens (including phenoxy) is 1. The fourth-order valence-corrected chi connectivity index (χ4v) is 4.42. The van der Waals surface area contributed by atoms with Crippen LogP contribution in [0.4, 0.5) is 0 Å². The molecule has 0 radical (unpaired) electrons. The molecule has 1 saturated heterocycles. The van der Waals surface area contributed by atoms with Crippen molar-refractivity contribution in [3.8, 4) is 5.75 Å². The monoisotopic (exact) mass is 528 g/mol. The zero-order valence-electron chi connectivity index (χ0n) is 18.6. The maximum Gasteiger partial charge on any atom is 0.225 e. The van der Waals surface area contributed by atoms with Crippen LogP contribution in [0.1, 0.15) is 49.7 Å². The van der Waals surface area contributed by atoms with Crippen LogP contribution in [-0.2, 0) is 11.2 Å². The molecule has 2 N–H and O–H groups in total. The molecule has 1 aromatic carbocycles. The van der Waals surface area contributed by atoms with Crippen molar-refractivity contribution in [2.75, 3.05) is 33.8 Å². The van der Waals surface area contributed by atoms with Crippen molar-refractivity contribution in [1.82, 2.24) is 15.5 Å². The van der Waals surface area contributed by atoms with Gasteiger partial charge in [0.25, 0.3) is 0 Å². The number of hydrogen-bond donors (Lipinski definition) is 2. The van der Waals surface area contributed by atoms with E-state index in [1.54, 1.807) is 14.2 Å². The summed E-state index contributed by atoms with van der Waals surface area (Å²) in [6.45, 7) is 4.48. The molecule has 1 aliphatic carbocycles. The maximum atomic E-state index is 12.7. The number of nitrogens with zero attached hydrogens (tertiary/aromatic N) is 2. The number of rotatable bonds is 6. The molecule has 30 heavy (non-hydrogen) atoms. The Morgan fingerprint density at radius 2 is 2.00 bits per heavy atom. The van der Waals surface area contributed by atoms with Crippen LogP contribution in [0.15, 0.2) is 23.2 Å². The van der Waals surface area contributed by atoms with Gasteiger partial charge < -0.3 is 20.3 Å². The Bertz CT molecular complexity index is 719. The topological polar surface area (TPSA) is 66.0 Å². The van der Waals surface area contributed by atoms with Crippen molar-refractivity contribution in [2.45, 2.75) is 57.9 Å². The van der Waals surface area contributed by atoms with Crippen LogP contribution < -0.4 is 15.4 Å². The summed E-state index contributed by atoms with van der Waals surface area (Å²) in [5.74, 6) is 2.36. The van der Waals surface area contributed by atoms with Crippen LogP contribution in [0.3, 0.4) is 0 Å². The van der Waals surface area contributed by atoms with E-state index >= 15 is 0 Å². The summed E-state index contributed by atoms with van der Waals surface area (Å²) in [6, 6.07) is 6.60. The van der Waals surface area contributed by atoms with E-state index in [0.29, 0.717) is 5.91 Å². The molecule has 2 fully saturated rings. The number of carbonyl (C=O) groups excluding carboxylic acids is 1. The Morgan fingerprint density at radius 3 is 2.70 bits per heavy atom. The molecule has 6 nitrogen and oxygen atoms in total. The van der Waals surface area contributed by atoms with Gasteiger partial charge in [-0.2, -0.15) is 0 Å². The van der Waals surface area contributed by atoms with E-state index in [1.807, 2.05) is 0 Å². The minimum atomic E-state index is 0. The van der Waals surface area contributed by atoms with E-state index in [2.05, 4.69) is 45.6 Å². The minimum absolute atomic E-state index is 0. The number of aliphatic imine (C=N–C) groups is 1. The molecule has 1 heterocycles. The molecule has 1 amide bonds. The van der Waals surface area contributed by atoms with Gasteiger partial charge >= 0.3 is 0 Å². The van der Waals surface area contributed by atoms with Gasteiger partial charge in [-0.1, -0.05) is 31.4 Å². The molecular weight excluding hydrogens is 491 g/mol. The number of methoxy groups -OCH3 is 1. The second kappa shape index (κ2) is 12.4. The van der Waals surface area contributed by atoms with Gasteiger partial charge in [-0.3, -0.25) is 9.79 Å². The lowest BCUT2D eigenvalue weighted by Gasteiger charge is -2.26. The van der Waals surface area contributed by atoms with E-state index in [-0.39, 0.29) is 35.9 Å². The van der Waals surface area contributed by atoms with Crippen LogP contribution in [0.2, 0.25) is 0 Å². The van der Waals surface area contributed by atoms with Gasteiger partial charge in [-0.25, -0.2) is 0 Å². The summed E-state index contributed by atoms with van der Waals surface area (Å²) in [6.07, 6.45) is 7.71. The molecule has 1 atom stereocenters. The molecule has 1 saturated carbocycles. The number of hydrogen-bond acceptors (Lipinski definition) is 3. The van der Waals surface area contributed by atoms with Gasteiger partial charge in [0.2, 0.25) is 5.91 Å². The lowest BCUT2D eigenvalue weighted by molar-refractivity contribution is -0.135. The zero-order chi connectivity index (χ0) is 20.6. The smallest absolute Gasteiger partial charge is 0.225 e. The summed E-state index contributed by atoms with van der Waals surface area (Å²) in [5, 5.41) is 6.89. The predicted molar refractivity (Wildman–Crippen MR) is 133 cm³/mol. The van der Waals surface area contributed by atoms with Gasteiger partial charge in [0.15, 0.2) is 5.96 Å². The summed E-state index contributed by atoms with van der Waals surface area (Å²) >= 11 is 0. The Balaban J connectivity index is 0.00000320. The molecule has 0 bridgehead atoms. The molecule has 168 valence electrons. The number of guanidine groups is 1. The number of nitrogens with one attached hydrogen (secondary N) is 2. The quantitative estimate of drug-likeness (QED) is 0.337. The fraction of sp³-hybridized carbons (Fsp3) is 0.652. The summed E-state index contributed by atoms with van der Waals surface area (Å²) in [7, 11) is 3.50. The number of benzene rings is 1. The lowest BCUT2D eigenvalue weighted by Crippen LogP contribution is -2.46. The number of amides is 1. The standard InChI is InChI=1S/C23H36N4O2.HI/c1-17-9-10-18(15-21(17)29-3)11-13-25-23(24-2)26-20-12-14-27(16-20)22(28)19-7-5-4-6-8-19;/h9-10,15,19-20H,4-8,11-14,16H2,1-3H3,(H2,24,25,26);1H. The van der Waals surface area contributed by atoms with Crippen molar-refractivity contribution in [2.24, 2.45) is 10.9 Å². The molecule has 7 heteroatoms. The van der Waals surface area contributed by atoms with Crippen LogP contribution in [0, 0.1) is 12.8 Å². The van der Waals surface area contributed by atoms with Gasteiger partial charge in [0, 0.05) is 38.6 Å². The number of likely N-dealkylation sites (tertiary alicyclic amines) is 1. The SMILES string of the molecule is CN=C(NCCc1ccc(C)c(OC)c1)NC1CCN(C(=O)C2CCCCC2)C1.I. The highest BCUT2D eigenvalue weighted by molar-refractivity contribution is 14.0. The van der Waals surface area contributed by atoms with Crippen molar-refractivity contribution in [3.05, 3.63) is 29.3 Å². The molecule has 1 unspecified atom stereocenters. The van der Waals surface area contributed by atoms with Gasteiger partial charge in [0.05, 0.1) is 7.11 Å². The van der Waals surface area contributed by atoms with Crippen molar-refractivity contribution in [3.63, 3.8) is 0 Å². The Labute approximate surface area is 198 Å². The van der Waals surface area contributed by atoms with Gasteiger partial charge in [-0.05, 0) is 49.8 Å². The number of halogens is 1. The first-order valence-corrected chi connectivity index (χ1v) is 11.0. The highest BCUT2D eigenvalue weighted by atomic mass is 127. The third-order valence-electron chi connectivity index (χ3n) is 6.20. The molecule has 0 spiro atoms. The summed E-state index contributed by atoms with van der Waals surface area (Å²) in [4.78, 5) is 19.2. The van der Waals surface area contributed by atoms with Gasteiger partial charge in [-0.15, -0.1) is 24.0 Å². The zero-order valence-corrected chi connectivity index (χ0v) is 20.9. The molecule has 1 aliphatic heterocycles. The Hall–Kier alpha value is -1.51. The van der Waals surface area contributed by atoms with E-state index in [9.17, 15) is 4.79 Å². The van der Waals surface area contributed by atoms with Crippen molar-refractivity contribution < 1.29 is 9.53 Å². The Morgan fingerprint density at radius 1 is 1.23 bits per heavy atom. The molecule has 0 aromatic heterocycles. The van der Waals surface area contributed by atoms with Crippen molar-refractivity contribution in [1.29, 1.82) is 0 Å². The second-order valence-corrected chi connectivity index (χ2v) is 8.30. The molecule has 2 aliphatic rings. The third-order valence-corrected chi connectivity index (χ3v) is 6.20. The minimum Gasteiger partial charge on any atom is -0.496 e. The van der Waals surface area contributed by atoms with Gasteiger partial charge in [0.1, 0.15) is 5.75 Å². The highest BCUT2D eigenvalue weighted by Gasteiger charge is 2.31. The van der Waals surface area contributed by atoms with Crippen LogP contribution in [0.5, 0.6) is 5.75 Å². The second-order valence-electron chi connectivity index (χ2n) is 8.30. The van der Waals surface area contributed by atoms with Crippen LogP contribution >= 0.6 is 24.0 Å². The molecule has 3 rings (SSSR count). The van der Waals surface area contributed by atoms with E-state index in [1.165, 1.54) is 24.8 Å². The average Bonchev–Trinajstić information content (AvgIpc) is 3.22. The Kier molecular flexibility index (Phi) is 10.2. The molecular formula is C23H37IN4O2. The average molecular weight is 528 g/mol. The fourth-order valence-electron chi connectivity index (χ4n) is 4.42. The summed E-state index contributed by atoms with van der Waals surface area (Å²) in [5.41, 5.74) is 2.38. The number of aryl methyl sites for hydroxylation is 1. The first-order chi connectivity index (χ1) is 14.1. The first kappa shape index (κ1) is 24.8. The summed E-state index contributed by atoms with van der Waals surface area (Å²) < 4.78 is 5.41. The maximum absolute atomic E-state index is 12.7. The van der Waals surface area contributed by atoms with Crippen LogP contribution in [-0.4, -0.2) is 56.6 Å². The van der Waals surface area contributed by atoms with E-state index < -0.39 is 0 Å². The van der Waals surface area contributed by atoms with Crippen LogP contribution in [0.25, 0.3) is 0 Å². The lowest BCUT2D eigenvalue weighted by atomic mass is 9.88. The van der Waals surface area contributed by atoms with E-state index in [4.69, 9.17) is 4.74 Å². The van der Waals surface area contributed by atoms with E-state index in [0.717, 1.165) is 62.6 Å². The predicted octanol–water partition coefficient (Wildman–Crippen LogP) is 3.51. The number of carbonyl (C=O) groups is 1. The van der Waals surface area contributed by atoms with Crippen molar-refractivity contribution >= 4 is 35.8 Å². The first-order valence-electron chi connectivity index (χ1n) is 11.0.